The number of aliphatic hydroxyl groups is 1. The summed E-state index contributed by atoms with van der Waals surface area (Å²) in [5.74, 6) is 0. The third-order valence-corrected chi connectivity index (χ3v) is 2.81. The maximum Gasteiger partial charge on any atom is 0.0662 e. The van der Waals surface area contributed by atoms with Crippen molar-refractivity contribution in [2.24, 2.45) is 0 Å². The van der Waals surface area contributed by atoms with Crippen LogP contribution < -0.4 is 5.32 Å². The van der Waals surface area contributed by atoms with E-state index in [0.29, 0.717) is 18.6 Å². The van der Waals surface area contributed by atoms with Crippen molar-refractivity contribution in [2.45, 2.75) is 45.4 Å². The van der Waals surface area contributed by atoms with Crippen LogP contribution in [0, 0.1) is 0 Å². The lowest BCUT2D eigenvalue weighted by Crippen LogP contribution is -2.38. The maximum atomic E-state index is 9.43. The zero-order valence-electron chi connectivity index (χ0n) is 9.72. The predicted octanol–water partition coefficient (Wildman–Crippen LogP) is 1.19. The number of hydrogen-bond acceptors (Lipinski definition) is 3. The van der Waals surface area contributed by atoms with Crippen LogP contribution in [-0.2, 0) is 0 Å². The van der Waals surface area contributed by atoms with Crippen molar-refractivity contribution in [2.75, 3.05) is 6.54 Å². The van der Waals surface area contributed by atoms with Gasteiger partial charge in [-0.05, 0) is 26.3 Å². The van der Waals surface area contributed by atoms with Gasteiger partial charge in [0.15, 0.2) is 0 Å². The van der Waals surface area contributed by atoms with E-state index in [1.165, 1.54) is 0 Å². The summed E-state index contributed by atoms with van der Waals surface area (Å²) < 4.78 is 1.93. The summed E-state index contributed by atoms with van der Waals surface area (Å²) in [7, 11) is 0. The summed E-state index contributed by atoms with van der Waals surface area (Å²) >= 11 is 0. The van der Waals surface area contributed by atoms with Crippen molar-refractivity contribution in [3.05, 3.63) is 18.5 Å². The number of nitrogens with zero attached hydrogens (tertiary/aromatic N) is 2. The highest BCUT2D eigenvalue weighted by Gasteiger charge is 2.14. The molecule has 0 fully saturated rings. The van der Waals surface area contributed by atoms with Gasteiger partial charge in [-0.3, -0.25) is 4.68 Å². The highest BCUT2D eigenvalue weighted by atomic mass is 16.3. The van der Waals surface area contributed by atoms with Crippen molar-refractivity contribution in [3.8, 4) is 0 Å². The summed E-state index contributed by atoms with van der Waals surface area (Å²) in [6.45, 7) is 6.84. The SMILES string of the molecule is CCC(O)CNC(C)C(C)n1cccn1. The van der Waals surface area contributed by atoms with Gasteiger partial charge in [-0.15, -0.1) is 0 Å². The van der Waals surface area contributed by atoms with Crippen LogP contribution in [-0.4, -0.2) is 33.6 Å². The molecule has 86 valence electrons. The number of rotatable bonds is 6. The Morgan fingerprint density at radius 1 is 1.47 bits per heavy atom. The molecule has 3 unspecified atom stereocenters. The Labute approximate surface area is 91.3 Å². The first-order valence-electron chi connectivity index (χ1n) is 5.55. The number of nitrogens with one attached hydrogen (secondary N) is 1. The van der Waals surface area contributed by atoms with Crippen LogP contribution in [0.5, 0.6) is 0 Å². The van der Waals surface area contributed by atoms with Gasteiger partial charge in [0.05, 0.1) is 12.1 Å². The van der Waals surface area contributed by atoms with Crippen molar-refractivity contribution in [1.29, 1.82) is 0 Å². The number of hydrogen-bond donors (Lipinski definition) is 2. The van der Waals surface area contributed by atoms with E-state index < -0.39 is 0 Å². The van der Waals surface area contributed by atoms with Crippen LogP contribution in [0.25, 0.3) is 0 Å². The van der Waals surface area contributed by atoms with Gasteiger partial charge in [0, 0.05) is 25.0 Å². The van der Waals surface area contributed by atoms with Crippen LogP contribution >= 0.6 is 0 Å². The second kappa shape index (κ2) is 5.88. The first-order chi connectivity index (χ1) is 7.15. The van der Waals surface area contributed by atoms with Gasteiger partial charge in [-0.1, -0.05) is 6.92 Å². The average Bonchev–Trinajstić information content (AvgIpc) is 2.77. The molecule has 1 aromatic heterocycles. The topological polar surface area (TPSA) is 50.1 Å². The van der Waals surface area contributed by atoms with E-state index >= 15 is 0 Å². The molecule has 15 heavy (non-hydrogen) atoms. The molecule has 1 rings (SSSR count). The van der Waals surface area contributed by atoms with E-state index in [2.05, 4.69) is 24.3 Å². The molecule has 0 saturated carbocycles. The first-order valence-corrected chi connectivity index (χ1v) is 5.55. The van der Waals surface area contributed by atoms with E-state index in [0.717, 1.165) is 6.42 Å². The van der Waals surface area contributed by atoms with Gasteiger partial charge in [0.1, 0.15) is 0 Å². The summed E-state index contributed by atoms with van der Waals surface area (Å²) in [4.78, 5) is 0. The largest absolute Gasteiger partial charge is 0.392 e. The van der Waals surface area contributed by atoms with Gasteiger partial charge in [-0.25, -0.2) is 0 Å². The van der Waals surface area contributed by atoms with Gasteiger partial charge < -0.3 is 10.4 Å². The van der Waals surface area contributed by atoms with Crippen LogP contribution in [0.1, 0.15) is 33.2 Å². The summed E-state index contributed by atoms with van der Waals surface area (Å²) in [5, 5.41) is 16.9. The van der Waals surface area contributed by atoms with E-state index in [9.17, 15) is 5.11 Å². The standard InChI is InChI=1S/C11H21N3O/c1-4-11(15)8-12-9(2)10(3)14-7-5-6-13-14/h5-7,9-12,15H,4,8H2,1-3H3. The van der Waals surface area contributed by atoms with Gasteiger partial charge in [-0.2, -0.15) is 5.10 Å². The lowest BCUT2D eigenvalue weighted by molar-refractivity contribution is 0.159. The molecule has 0 spiro atoms. The van der Waals surface area contributed by atoms with Crippen molar-refractivity contribution >= 4 is 0 Å². The minimum Gasteiger partial charge on any atom is -0.392 e. The molecule has 0 saturated heterocycles. The van der Waals surface area contributed by atoms with Crippen molar-refractivity contribution < 1.29 is 5.11 Å². The molecule has 0 radical (unpaired) electrons. The molecule has 0 aliphatic carbocycles. The predicted molar refractivity (Wildman–Crippen MR) is 60.7 cm³/mol. The molecule has 1 aromatic rings. The van der Waals surface area contributed by atoms with Gasteiger partial charge in [0.2, 0.25) is 0 Å². The zero-order chi connectivity index (χ0) is 11.3. The fourth-order valence-corrected chi connectivity index (χ4v) is 1.39. The normalized spacial score (nSPS) is 17.3. The summed E-state index contributed by atoms with van der Waals surface area (Å²) in [6, 6.07) is 2.51. The Morgan fingerprint density at radius 3 is 2.73 bits per heavy atom. The third-order valence-electron chi connectivity index (χ3n) is 2.81. The van der Waals surface area contributed by atoms with Crippen LogP contribution in [0.15, 0.2) is 18.5 Å². The fourth-order valence-electron chi connectivity index (χ4n) is 1.39. The lowest BCUT2D eigenvalue weighted by Gasteiger charge is -2.23. The molecule has 2 N–H and O–H groups in total. The molecule has 0 bridgehead atoms. The van der Waals surface area contributed by atoms with Crippen LogP contribution in [0.4, 0.5) is 0 Å². The highest BCUT2D eigenvalue weighted by molar-refractivity contribution is 4.83. The summed E-state index contributed by atoms with van der Waals surface area (Å²) in [6.07, 6.45) is 4.27. The molecule has 0 aliphatic rings. The minimum absolute atomic E-state index is 0.253. The molecular formula is C11H21N3O. The Balaban J connectivity index is 2.37. The van der Waals surface area contributed by atoms with E-state index in [-0.39, 0.29) is 6.10 Å². The monoisotopic (exact) mass is 211 g/mol. The smallest absolute Gasteiger partial charge is 0.0662 e. The number of aliphatic hydroxyl groups excluding tert-OH is 1. The van der Waals surface area contributed by atoms with Gasteiger partial charge >= 0.3 is 0 Å². The van der Waals surface area contributed by atoms with E-state index in [1.807, 2.05) is 23.9 Å². The van der Waals surface area contributed by atoms with Crippen molar-refractivity contribution in [1.82, 2.24) is 15.1 Å². The molecule has 1 heterocycles. The first kappa shape index (κ1) is 12.2. The molecule has 0 amide bonds. The number of aromatic nitrogens is 2. The Kier molecular flexibility index (Phi) is 4.78. The second-order valence-corrected chi connectivity index (χ2v) is 3.99. The zero-order valence-corrected chi connectivity index (χ0v) is 9.72. The molecular weight excluding hydrogens is 190 g/mol. The Bertz CT molecular complexity index is 261. The Hall–Kier alpha value is -0.870. The minimum atomic E-state index is -0.253. The molecule has 3 atom stereocenters. The van der Waals surface area contributed by atoms with E-state index in [1.54, 1.807) is 6.20 Å². The lowest BCUT2D eigenvalue weighted by atomic mass is 10.1. The van der Waals surface area contributed by atoms with Crippen LogP contribution in [0.2, 0.25) is 0 Å². The fraction of sp³-hybridized carbons (Fsp3) is 0.727. The van der Waals surface area contributed by atoms with Crippen LogP contribution in [0.3, 0.4) is 0 Å². The van der Waals surface area contributed by atoms with E-state index in [4.69, 9.17) is 0 Å². The molecule has 4 heteroatoms. The quantitative estimate of drug-likeness (QED) is 0.743. The second-order valence-electron chi connectivity index (χ2n) is 3.99. The van der Waals surface area contributed by atoms with Crippen molar-refractivity contribution in [3.63, 3.8) is 0 Å². The molecule has 4 nitrogen and oxygen atoms in total. The maximum absolute atomic E-state index is 9.43. The molecule has 0 aliphatic heterocycles. The van der Waals surface area contributed by atoms with Gasteiger partial charge in [0.25, 0.3) is 0 Å². The third kappa shape index (κ3) is 3.64. The average molecular weight is 211 g/mol. The Morgan fingerprint density at radius 2 is 2.20 bits per heavy atom. The summed E-state index contributed by atoms with van der Waals surface area (Å²) in [5.41, 5.74) is 0. The highest BCUT2D eigenvalue weighted by Crippen LogP contribution is 2.08. The molecule has 0 aromatic carbocycles.